The van der Waals surface area contributed by atoms with Gasteiger partial charge in [0.15, 0.2) is 0 Å². The van der Waals surface area contributed by atoms with Crippen LogP contribution in [0.25, 0.3) is 0 Å². The summed E-state index contributed by atoms with van der Waals surface area (Å²) >= 11 is 0. The summed E-state index contributed by atoms with van der Waals surface area (Å²) in [6.07, 6.45) is 0.589. The van der Waals surface area contributed by atoms with Gasteiger partial charge in [0.1, 0.15) is 5.75 Å². The maximum absolute atomic E-state index is 11.4. The van der Waals surface area contributed by atoms with Crippen molar-refractivity contribution in [3.05, 3.63) is 29.3 Å². The summed E-state index contributed by atoms with van der Waals surface area (Å²) < 4.78 is 5.65. The van der Waals surface area contributed by atoms with Crippen LogP contribution in [0.15, 0.2) is 18.2 Å². The molecule has 4 nitrogen and oxygen atoms in total. The van der Waals surface area contributed by atoms with E-state index in [1.54, 1.807) is 25.9 Å². The second-order valence-electron chi connectivity index (χ2n) is 4.96. The average Bonchev–Trinajstić information content (AvgIpc) is 2.35. The number of aliphatic hydroxyl groups excluding tert-OH is 1. The summed E-state index contributed by atoms with van der Waals surface area (Å²) in [6.45, 7) is 4.17. The van der Waals surface area contributed by atoms with E-state index in [9.17, 15) is 9.90 Å². The van der Waals surface area contributed by atoms with Gasteiger partial charge in [0.25, 0.3) is 0 Å². The van der Waals surface area contributed by atoms with Gasteiger partial charge in [0.2, 0.25) is 5.91 Å². The first-order valence-electron chi connectivity index (χ1n) is 6.53. The molecule has 1 atom stereocenters. The number of hydrogen-bond acceptors (Lipinski definition) is 3. The van der Waals surface area contributed by atoms with Crippen LogP contribution in [0.2, 0.25) is 0 Å². The van der Waals surface area contributed by atoms with Crippen molar-refractivity contribution < 1.29 is 14.6 Å². The molecule has 0 bridgehead atoms. The second kappa shape index (κ2) is 7.14. The molecule has 0 saturated heterocycles. The van der Waals surface area contributed by atoms with Crippen molar-refractivity contribution in [3.63, 3.8) is 0 Å². The second-order valence-corrected chi connectivity index (χ2v) is 4.96. The van der Waals surface area contributed by atoms with Crippen LogP contribution in [0.5, 0.6) is 5.75 Å². The lowest BCUT2D eigenvalue weighted by Crippen LogP contribution is -2.21. The Morgan fingerprint density at radius 1 is 1.42 bits per heavy atom. The molecule has 19 heavy (non-hydrogen) atoms. The first-order chi connectivity index (χ1) is 8.91. The molecular formula is C15H23NO3. The normalized spacial score (nSPS) is 12.1. The van der Waals surface area contributed by atoms with Crippen molar-refractivity contribution in [2.75, 3.05) is 20.7 Å². The van der Waals surface area contributed by atoms with E-state index in [2.05, 4.69) is 0 Å². The molecule has 0 saturated carbocycles. The Labute approximate surface area is 115 Å². The zero-order valence-electron chi connectivity index (χ0n) is 12.1. The van der Waals surface area contributed by atoms with Crippen LogP contribution in [0.3, 0.4) is 0 Å². The first kappa shape index (κ1) is 15.5. The molecule has 1 N–H and O–H groups in total. The molecule has 0 aromatic heterocycles. The Morgan fingerprint density at radius 2 is 2.11 bits per heavy atom. The van der Waals surface area contributed by atoms with Gasteiger partial charge in [-0.1, -0.05) is 11.6 Å². The van der Waals surface area contributed by atoms with E-state index < -0.39 is 6.10 Å². The smallest absolute Gasteiger partial charge is 0.222 e. The number of benzene rings is 1. The lowest BCUT2D eigenvalue weighted by atomic mass is 10.1. The van der Waals surface area contributed by atoms with E-state index >= 15 is 0 Å². The monoisotopic (exact) mass is 265 g/mol. The van der Waals surface area contributed by atoms with Crippen molar-refractivity contribution in [1.82, 2.24) is 4.90 Å². The van der Waals surface area contributed by atoms with E-state index in [1.165, 1.54) is 0 Å². The highest BCUT2D eigenvalue weighted by Gasteiger charge is 2.10. The predicted molar refractivity (Wildman–Crippen MR) is 75.2 cm³/mol. The zero-order chi connectivity index (χ0) is 14.4. The van der Waals surface area contributed by atoms with Crippen molar-refractivity contribution >= 4 is 5.91 Å². The van der Waals surface area contributed by atoms with Gasteiger partial charge in [-0.25, -0.2) is 0 Å². The fourth-order valence-electron chi connectivity index (χ4n) is 1.75. The number of aryl methyl sites for hydroxylation is 1. The number of carbonyl (C=O) groups excluding carboxylic acids is 1. The molecule has 106 valence electrons. The van der Waals surface area contributed by atoms with Gasteiger partial charge in [-0.3, -0.25) is 4.79 Å². The molecule has 0 fully saturated rings. The highest BCUT2D eigenvalue weighted by Crippen LogP contribution is 2.26. The molecule has 0 radical (unpaired) electrons. The molecule has 0 unspecified atom stereocenters. The standard InChI is InChI=1S/C15H23NO3/c1-11-7-8-14(13(10-11)12(2)17)19-9-5-6-15(18)16(3)4/h7-8,10,12,17H,5-6,9H2,1-4H3/t12-/m1/s1. The summed E-state index contributed by atoms with van der Waals surface area (Å²) in [5.74, 6) is 0.793. The Kier molecular flexibility index (Phi) is 5.83. The SMILES string of the molecule is Cc1ccc(OCCCC(=O)N(C)C)c([C@@H](C)O)c1. The lowest BCUT2D eigenvalue weighted by Gasteiger charge is -2.15. The van der Waals surface area contributed by atoms with Crippen molar-refractivity contribution in [3.8, 4) is 5.75 Å². The third-order valence-electron chi connectivity index (χ3n) is 2.91. The minimum Gasteiger partial charge on any atom is -0.493 e. The van der Waals surface area contributed by atoms with E-state index in [4.69, 9.17) is 4.74 Å². The van der Waals surface area contributed by atoms with Crippen LogP contribution in [-0.4, -0.2) is 36.6 Å². The van der Waals surface area contributed by atoms with E-state index in [1.807, 2.05) is 25.1 Å². The number of nitrogens with zero attached hydrogens (tertiary/aromatic N) is 1. The van der Waals surface area contributed by atoms with Gasteiger partial charge in [0.05, 0.1) is 12.7 Å². The van der Waals surface area contributed by atoms with Crippen LogP contribution in [0, 0.1) is 6.92 Å². The molecule has 0 aliphatic rings. The fraction of sp³-hybridized carbons (Fsp3) is 0.533. The number of amides is 1. The molecule has 1 aromatic rings. The molecule has 0 aliphatic carbocycles. The third-order valence-corrected chi connectivity index (χ3v) is 2.91. The van der Waals surface area contributed by atoms with Crippen LogP contribution >= 0.6 is 0 Å². The lowest BCUT2D eigenvalue weighted by molar-refractivity contribution is -0.128. The largest absolute Gasteiger partial charge is 0.493 e. The maximum atomic E-state index is 11.4. The highest BCUT2D eigenvalue weighted by molar-refractivity contribution is 5.75. The summed E-state index contributed by atoms with van der Waals surface area (Å²) in [4.78, 5) is 13.0. The molecule has 4 heteroatoms. The van der Waals surface area contributed by atoms with Gasteiger partial charge in [-0.2, -0.15) is 0 Å². The Hall–Kier alpha value is -1.55. The molecule has 1 amide bonds. The minimum absolute atomic E-state index is 0.100. The first-order valence-corrected chi connectivity index (χ1v) is 6.53. The molecule has 1 aromatic carbocycles. The Morgan fingerprint density at radius 3 is 2.68 bits per heavy atom. The van der Waals surface area contributed by atoms with E-state index in [-0.39, 0.29) is 5.91 Å². The number of ether oxygens (including phenoxy) is 1. The predicted octanol–water partition coefficient (Wildman–Crippen LogP) is 2.30. The van der Waals surface area contributed by atoms with E-state index in [0.29, 0.717) is 25.2 Å². The summed E-state index contributed by atoms with van der Waals surface area (Å²) in [5, 5.41) is 9.71. The van der Waals surface area contributed by atoms with Crippen LogP contribution in [0.4, 0.5) is 0 Å². The van der Waals surface area contributed by atoms with Crippen LogP contribution in [0.1, 0.15) is 37.0 Å². The quantitative estimate of drug-likeness (QED) is 0.803. The fourth-order valence-corrected chi connectivity index (χ4v) is 1.75. The molecule has 1 rings (SSSR count). The van der Waals surface area contributed by atoms with Crippen molar-refractivity contribution in [2.45, 2.75) is 32.8 Å². The third kappa shape index (κ3) is 4.91. The van der Waals surface area contributed by atoms with Crippen molar-refractivity contribution in [2.24, 2.45) is 0 Å². The topological polar surface area (TPSA) is 49.8 Å². The van der Waals surface area contributed by atoms with E-state index in [0.717, 1.165) is 11.1 Å². The summed E-state index contributed by atoms with van der Waals surface area (Å²) in [5.41, 5.74) is 1.88. The molecule has 0 heterocycles. The minimum atomic E-state index is -0.557. The van der Waals surface area contributed by atoms with Gasteiger partial charge in [0, 0.05) is 26.1 Å². The molecular weight excluding hydrogens is 242 g/mol. The van der Waals surface area contributed by atoms with Gasteiger partial charge in [-0.15, -0.1) is 0 Å². The number of rotatable bonds is 6. The Bertz CT molecular complexity index is 427. The highest BCUT2D eigenvalue weighted by atomic mass is 16.5. The van der Waals surface area contributed by atoms with Crippen LogP contribution < -0.4 is 4.74 Å². The number of aliphatic hydroxyl groups is 1. The maximum Gasteiger partial charge on any atom is 0.222 e. The number of hydrogen-bond donors (Lipinski definition) is 1. The molecule has 0 spiro atoms. The zero-order valence-corrected chi connectivity index (χ0v) is 12.1. The average molecular weight is 265 g/mol. The Balaban J connectivity index is 2.52. The van der Waals surface area contributed by atoms with Gasteiger partial charge >= 0.3 is 0 Å². The van der Waals surface area contributed by atoms with Crippen molar-refractivity contribution in [1.29, 1.82) is 0 Å². The van der Waals surface area contributed by atoms with Gasteiger partial charge in [-0.05, 0) is 32.4 Å². The molecule has 0 aliphatic heterocycles. The number of carbonyl (C=O) groups is 1. The van der Waals surface area contributed by atoms with Crippen LogP contribution in [-0.2, 0) is 4.79 Å². The van der Waals surface area contributed by atoms with Gasteiger partial charge < -0.3 is 14.7 Å². The summed E-state index contributed by atoms with van der Waals surface area (Å²) in [6, 6.07) is 5.74. The summed E-state index contributed by atoms with van der Waals surface area (Å²) in [7, 11) is 3.49.